The van der Waals surface area contributed by atoms with Crippen LogP contribution in [0.1, 0.15) is 25.8 Å². The summed E-state index contributed by atoms with van der Waals surface area (Å²) in [7, 11) is 0. The highest BCUT2D eigenvalue weighted by molar-refractivity contribution is 5.80. The Kier molecular flexibility index (Phi) is 7.61. The van der Waals surface area contributed by atoms with Gasteiger partial charge in [0.2, 0.25) is 0 Å². The molecule has 32 heavy (non-hydrogen) atoms. The van der Waals surface area contributed by atoms with Crippen molar-refractivity contribution in [1.82, 2.24) is 20.2 Å². The van der Waals surface area contributed by atoms with Crippen LogP contribution in [-0.2, 0) is 17.8 Å². The number of nitrogens with zero attached hydrogens (tertiary/aromatic N) is 4. The molecule has 1 aromatic carbocycles. The molecule has 0 radical (unpaired) electrons. The third-order valence-corrected chi connectivity index (χ3v) is 5.69. The Morgan fingerprint density at radius 1 is 1.22 bits per heavy atom. The van der Waals surface area contributed by atoms with Crippen LogP contribution < -0.4 is 15.5 Å². The molecule has 170 valence electrons. The van der Waals surface area contributed by atoms with Crippen LogP contribution in [0.3, 0.4) is 0 Å². The number of aliphatic imine (C=N–C) groups is 1. The maximum Gasteiger partial charge on any atom is 0.191 e. The molecule has 0 bridgehead atoms. The maximum atomic E-state index is 5.65. The molecule has 0 saturated carbocycles. The summed E-state index contributed by atoms with van der Waals surface area (Å²) < 4.78 is 7.96. The van der Waals surface area contributed by atoms with Gasteiger partial charge in [0.05, 0.1) is 19.3 Å². The van der Waals surface area contributed by atoms with E-state index >= 15 is 0 Å². The summed E-state index contributed by atoms with van der Waals surface area (Å²) in [5.74, 6) is 1.85. The molecule has 0 aliphatic carbocycles. The number of hydrogen-bond donors (Lipinski definition) is 2. The second-order valence-electron chi connectivity index (χ2n) is 8.19. The van der Waals surface area contributed by atoms with Gasteiger partial charge in [0, 0.05) is 50.6 Å². The summed E-state index contributed by atoms with van der Waals surface area (Å²) in [6.45, 7) is 10.00. The Hall–Kier alpha value is -3.06. The van der Waals surface area contributed by atoms with Crippen molar-refractivity contribution < 1.29 is 4.74 Å². The number of pyridine rings is 1. The summed E-state index contributed by atoms with van der Waals surface area (Å²) >= 11 is 0. The molecule has 3 heterocycles. The largest absolute Gasteiger partial charge is 0.375 e. The second-order valence-corrected chi connectivity index (χ2v) is 8.19. The predicted octanol–water partition coefficient (Wildman–Crippen LogP) is 3.41. The zero-order chi connectivity index (χ0) is 22.2. The number of morpholine rings is 1. The molecule has 7 heteroatoms. The lowest BCUT2D eigenvalue weighted by Gasteiger charge is -2.32. The number of ether oxygens (including phenoxy) is 1. The van der Waals surface area contributed by atoms with E-state index in [1.807, 2.05) is 12.3 Å². The average Bonchev–Trinajstić information content (AvgIpc) is 3.23. The van der Waals surface area contributed by atoms with Crippen LogP contribution in [0.2, 0.25) is 0 Å². The van der Waals surface area contributed by atoms with Crippen molar-refractivity contribution in [3.63, 3.8) is 0 Å². The normalized spacial score (nSPS) is 17.0. The third-order valence-electron chi connectivity index (χ3n) is 5.69. The highest BCUT2D eigenvalue weighted by atomic mass is 16.5. The summed E-state index contributed by atoms with van der Waals surface area (Å²) in [5.41, 5.74) is 2.45. The van der Waals surface area contributed by atoms with Gasteiger partial charge < -0.3 is 24.8 Å². The minimum absolute atomic E-state index is 0.237. The predicted molar refractivity (Wildman–Crippen MR) is 131 cm³/mol. The number of para-hydroxylation sites is 1. The first-order chi connectivity index (χ1) is 15.7. The number of anilines is 1. The highest BCUT2D eigenvalue weighted by Gasteiger charge is 2.18. The lowest BCUT2D eigenvalue weighted by Crippen LogP contribution is -2.41. The van der Waals surface area contributed by atoms with Gasteiger partial charge in [0.25, 0.3) is 0 Å². The van der Waals surface area contributed by atoms with Crippen LogP contribution in [0.15, 0.2) is 59.9 Å². The standard InChI is InChI=1S/C25H34N6O/c1-3-26-25(28-11-6-13-30-14-10-22-7-4-5-8-23(22)30)29-18-21-9-12-27-24(17-21)31-15-16-32-20(2)19-31/h4-5,7-10,12,14,17,20H,3,6,11,13,15-16,18-19H2,1-2H3,(H2,26,28,29). The first kappa shape index (κ1) is 22.1. The monoisotopic (exact) mass is 434 g/mol. The fourth-order valence-electron chi connectivity index (χ4n) is 4.06. The maximum absolute atomic E-state index is 5.65. The molecule has 2 aromatic heterocycles. The molecule has 4 rings (SSSR count). The fraction of sp³-hybridized carbons (Fsp3) is 0.440. The summed E-state index contributed by atoms with van der Waals surface area (Å²) in [4.78, 5) is 11.6. The minimum Gasteiger partial charge on any atom is -0.375 e. The summed E-state index contributed by atoms with van der Waals surface area (Å²) in [6.07, 6.45) is 5.31. The lowest BCUT2D eigenvalue weighted by atomic mass is 10.2. The molecule has 1 saturated heterocycles. The molecular weight excluding hydrogens is 400 g/mol. The van der Waals surface area contributed by atoms with Crippen molar-refractivity contribution in [2.45, 2.75) is 39.5 Å². The molecule has 3 aromatic rings. The molecule has 1 fully saturated rings. The van der Waals surface area contributed by atoms with Crippen LogP contribution in [0, 0.1) is 0 Å². The van der Waals surface area contributed by atoms with Crippen molar-refractivity contribution in [3.05, 3.63) is 60.4 Å². The van der Waals surface area contributed by atoms with Crippen LogP contribution in [0.25, 0.3) is 10.9 Å². The van der Waals surface area contributed by atoms with E-state index in [1.165, 1.54) is 10.9 Å². The molecule has 1 atom stereocenters. The van der Waals surface area contributed by atoms with E-state index in [4.69, 9.17) is 9.73 Å². The number of aromatic nitrogens is 2. The molecule has 1 unspecified atom stereocenters. The third kappa shape index (κ3) is 5.79. The van der Waals surface area contributed by atoms with Crippen molar-refractivity contribution >= 4 is 22.7 Å². The van der Waals surface area contributed by atoms with Gasteiger partial charge in [0.1, 0.15) is 5.82 Å². The Morgan fingerprint density at radius 3 is 3.00 bits per heavy atom. The zero-order valence-corrected chi connectivity index (χ0v) is 19.1. The van der Waals surface area contributed by atoms with Gasteiger partial charge in [-0.25, -0.2) is 9.98 Å². The number of fused-ring (bicyclic) bond motifs is 1. The molecule has 0 amide bonds. The van der Waals surface area contributed by atoms with Gasteiger partial charge in [-0.15, -0.1) is 0 Å². The highest BCUT2D eigenvalue weighted by Crippen LogP contribution is 2.17. The van der Waals surface area contributed by atoms with Gasteiger partial charge in [-0.3, -0.25) is 0 Å². The van der Waals surface area contributed by atoms with Crippen molar-refractivity contribution in [2.75, 3.05) is 37.7 Å². The number of benzene rings is 1. The van der Waals surface area contributed by atoms with Gasteiger partial charge in [0.15, 0.2) is 5.96 Å². The SMILES string of the molecule is CCNC(=NCc1ccnc(N2CCOC(C)C2)c1)NCCCn1ccc2ccccc21. The molecular formula is C25H34N6O. The van der Waals surface area contributed by atoms with Gasteiger partial charge >= 0.3 is 0 Å². The Morgan fingerprint density at radius 2 is 2.12 bits per heavy atom. The van der Waals surface area contributed by atoms with E-state index in [2.05, 4.69) is 81.5 Å². The topological polar surface area (TPSA) is 66.7 Å². The van der Waals surface area contributed by atoms with Crippen LogP contribution >= 0.6 is 0 Å². The first-order valence-corrected chi connectivity index (χ1v) is 11.6. The van der Waals surface area contributed by atoms with E-state index in [1.54, 1.807) is 0 Å². The Bertz CT molecular complexity index is 1030. The van der Waals surface area contributed by atoms with E-state index in [0.29, 0.717) is 6.54 Å². The molecule has 7 nitrogen and oxygen atoms in total. The Balaban J connectivity index is 1.30. The van der Waals surface area contributed by atoms with Crippen LogP contribution in [-0.4, -0.2) is 54.4 Å². The van der Waals surface area contributed by atoms with Crippen molar-refractivity contribution in [1.29, 1.82) is 0 Å². The Labute approximate surface area is 190 Å². The number of nitrogens with one attached hydrogen (secondary N) is 2. The van der Waals surface area contributed by atoms with E-state index < -0.39 is 0 Å². The zero-order valence-electron chi connectivity index (χ0n) is 19.1. The lowest BCUT2D eigenvalue weighted by molar-refractivity contribution is 0.0529. The fourth-order valence-corrected chi connectivity index (χ4v) is 4.06. The number of hydrogen-bond acceptors (Lipinski definition) is 4. The number of aryl methyl sites for hydroxylation is 1. The van der Waals surface area contributed by atoms with E-state index in [9.17, 15) is 0 Å². The molecule has 2 N–H and O–H groups in total. The van der Waals surface area contributed by atoms with Gasteiger partial charge in [-0.1, -0.05) is 18.2 Å². The number of guanidine groups is 1. The molecule has 1 aliphatic rings. The minimum atomic E-state index is 0.237. The quantitative estimate of drug-likeness (QED) is 0.323. The molecule has 1 aliphatic heterocycles. The van der Waals surface area contributed by atoms with E-state index in [-0.39, 0.29) is 6.10 Å². The van der Waals surface area contributed by atoms with Gasteiger partial charge in [-0.2, -0.15) is 0 Å². The average molecular weight is 435 g/mol. The molecule has 0 spiro atoms. The summed E-state index contributed by atoms with van der Waals surface area (Å²) in [5, 5.41) is 8.11. The van der Waals surface area contributed by atoms with Crippen molar-refractivity contribution in [2.24, 2.45) is 4.99 Å². The van der Waals surface area contributed by atoms with Crippen LogP contribution in [0.4, 0.5) is 5.82 Å². The smallest absolute Gasteiger partial charge is 0.191 e. The first-order valence-electron chi connectivity index (χ1n) is 11.6. The number of rotatable bonds is 8. The van der Waals surface area contributed by atoms with E-state index in [0.717, 1.165) is 63.1 Å². The van der Waals surface area contributed by atoms with Crippen LogP contribution in [0.5, 0.6) is 0 Å². The second kappa shape index (κ2) is 11.0. The summed E-state index contributed by atoms with van der Waals surface area (Å²) in [6, 6.07) is 14.9. The van der Waals surface area contributed by atoms with Crippen molar-refractivity contribution in [3.8, 4) is 0 Å². The van der Waals surface area contributed by atoms with Gasteiger partial charge in [-0.05, 0) is 55.5 Å².